The number of pyridine rings is 1. The van der Waals surface area contributed by atoms with Gasteiger partial charge >= 0.3 is 0 Å². The predicted octanol–water partition coefficient (Wildman–Crippen LogP) is 4.15. The molecule has 10 heteroatoms. The fourth-order valence-electron chi connectivity index (χ4n) is 3.12. The number of nitrogens with zero attached hydrogens (tertiary/aromatic N) is 4. The van der Waals surface area contributed by atoms with Gasteiger partial charge in [0, 0.05) is 17.4 Å². The average molecular weight is 464 g/mol. The Kier molecular flexibility index (Phi) is 8.29. The number of aromatic nitrogens is 3. The molecule has 176 valence electrons. The van der Waals surface area contributed by atoms with Crippen molar-refractivity contribution in [3.63, 3.8) is 0 Å². The summed E-state index contributed by atoms with van der Waals surface area (Å²) in [6, 6.07) is 11.1. The minimum Gasteiger partial charge on any atom is -0.477 e. The van der Waals surface area contributed by atoms with Crippen LogP contribution in [0.1, 0.15) is 38.7 Å². The topological polar surface area (TPSA) is 139 Å². The summed E-state index contributed by atoms with van der Waals surface area (Å²) in [7, 11) is 0. The fraction of sp³-hybridized carbons (Fsp3) is 0.292. The van der Waals surface area contributed by atoms with Crippen molar-refractivity contribution in [1.82, 2.24) is 15.0 Å². The molecule has 0 saturated heterocycles. The number of unbranched alkanes of at least 4 members (excludes halogenated alkanes) is 1. The Balaban J connectivity index is 2.00. The van der Waals surface area contributed by atoms with E-state index < -0.39 is 17.8 Å². The van der Waals surface area contributed by atoms with Gasteiger partial charge in [-0.1, -0.05) is 32.4 Å². The molecule has 0 aliphatic heterocycles. The van der Waals surface area contributed by atoms with Crippen LogP contribution in [-0.2, 0) is 4.79 Å². The smallest absolute Gasteiger partial charge is 0.239 e. The maximum Gasteiger partial charge on any atom is 0.239 e. The molecular weight excluding hydrogens is 437 g/mol. The van der Waals surface area contributed by atoms with E-state index in [1.165, 1.54) is 18.3 Å². The number of nitriles is 1. The van der Waals surface area contributed by atoms with E-state index in [1.807, 2.05) is 6.92 Å². The van der Waals surface area contributed by atoms with Gasteiger partial charge in [-0.2, -0.15) is 15.2 Å². The number of halogens is 1. The summed E-state index contributed by atoms with van der Waals surface area (Å²) < 4.78 is 20.0. The Morgan fingerprint density at radius 1 is 1.26 bits per heavy atom. The van der Waals surface area contributed by atoms with E-state index in [9.17, 15) is 14.4 Å². The second kappa shape index (κ2) is 11.6. The SMILES string of the molecule is CCCCOc1nc(N[C@H](CC)C(N)=O)nc(Nc2cccc(-c3ncccc3F)c2)c1C#N. The Labute approximate surface area is 197 Å². The van der Waals surface area contributed by atoms with Gasteiger partial charge < -0.3 is 21.1 Å². The van der Waals surface area contributed by atoms with Crippen LogP contribution in [0.2, 0.25) is 0 Å². The van der Waals surface area contributed by atoms with Crippen LogP contribution in [0.3, 0.4) is 0 Å². The third-order valence-corrected chi connectivity index (χ3v) is 4.94. The quantitative estimate of drug-likeness (QED) is 0.361. The van der Waals surface area contributed by atoms with Crippen LogP contribution >= 0.6 is 0 Å². The molecule has 0 spiro atoms. The van der Waals surface area contributed by atoms with E-state index in [0.29, 0.717) is 24.3 Å². The van der Waals surface area contributed by atoms with Gasteiger partial charge in [0.05, 0.1) is 6.61 Å². The molecule has 1 amide bonds. The Bertz CT molecular complexity index is 1200. The second-order valence-corrected chi connectivity index (χ2v) is 7.44. The third kappa shape index (κ3) is 5.95. The lowest BCUT2D eigenvalue weighted by atomic mass is 10.1. The van der Waals surface area contributed by atoms with Crippen LogP contribution in [0.15, 0.2) is 42.6 Å². The third-order valence-electron chi connectivity index (χ3n) is 4.94. The number of ether oxygens (including phenoxy) is 1. The molecule has 0 unspecified atom stereocenters. The summed E-state index contributed by atoms with van der Waals surface area (Å²) in [4.78, 5) is 24.5. The van der Waals surface area contributed by atoms with Gasteiger partial charge in [-0.05, 0) is 37.1 Å². The zero-order valence-electron chi connectivity index (χ0n) is 19.0. The first-order valence-corrected chi connectivity index (χ1v) is 11.0. The van der Waals surface area contributed by atoms with Gasteiger partial charge in [-0.25, -0.2) is 4.39 Å². The van der Waals surface area contributed by atoms with Crippen LogP contribution in [0.25, 0.3) is 11.3 Å². The predicted molar refractivity (Wildman–Crippen MR) is 127 cm³/mol. The first kappa shape index (κ1) is 24.4. The van der Waals surface area contributed by atoms with Crippen molar-refractivity contribution >= 4 is 23.4 Å². The van der Waals surface area contributed by atoms with Crippen LogP contribution in [-0.4, -0.2) is 33.5 Å². The van der Waals surface area contributed by atoms with Gasteiger partial charge in [0.25, 0.3) is 0 Å². The number of nitrogens with two attached hydrogens (primary N) is 1. The molecule has 0 aliphatic rings. The number of benzene rings is 1. The number of hydrogen-bond donors (Lipinski definition) is 3. The number of nitrogens with one attached hydrogen (secondary N) is 2. The molecule has 0 aliphatic carbocycles. The number of anilines is 3. The Morgan fingerprint density at radius 2 is 2.09 bits per heavy atom. The standard InChI is InChI=1S/C24H26FN7O2/c1-3-5-12-34-23-17(14-26)22(31-24(32-23)30-19(4-2)21(27)33)29-16-9-6-8-15(13-16)20-18(25)10-7-11-28-20/h6-11,13,19H,3-5,12H2,1-2H3,(H2,27,33)(H2,29,30,31,32)/t19-/m1/s1. The lowest BCUT2D eigenvalue weighted by molar-refractivity contribution is -0.118. The first-order valence-electron chi connectivity index (χ1n) is 11.0. The molecule has 0 saturated carbocycles. The van der Waals surface area contributed by atoms with E-state index in [1.54, 1.807) is 31.2 Å². The van der Waals surface area contributed by atoms with E-state index in [0.717, 1.165) is 12.8 Å². The van der Waals surface area contributed by atoms with Crippen molar-refractivity contribution in [2.24, 2.45) is 5.73 Å². The van der Waals surface area contributed by atoms with E-state index in [4.69, 9.17) is 10.5 Å². The summed E-state index contributed by atoms with van der Waals surface area (Å²) in [5.41, 5.74) is 6.84. The molecular formula is C24H26FN7O2. The molecule has 0 bridgehead atoms. The van der Waals surface area contributed by atoms with E-state index in [2.05, 4.69) is 31.7 Å². The van der Waals surface area contributed by atoms with Crippen molar-refractivity contribution in [2.45, 2.75) is 39.2 Å². The number of rotatable bonds is 11. The van der Waals surface area contributed by atoms with Crippen molar-refractivity contribution < 1.29 is 13.9 Å². The number of carbonyl (C=O) groups is 1. The molecule has 2 heterocycles. The van der Waals surface area contributed by atoms with Gasteiger partial charge in [-0.3, -0.25) is 9.78 Å². The van der Waals surface area contributed by atoms with Crippen molar-refractivity contribution in [3.05, 3.63) is 54.0 Å². The number of primary amides is 1. The summed E-state index contributed by atoms with van der Waals surface area (Å²) in [5.74, 6) is -0.657. The number of hydrogen-bond acceptors (Lipinski definition) is 8. The van der Waals surface area contributed by atoms with Crippen LogP contribution in [0.4, 0.5) is 21.8 Å². The summed E-state index contributed by atoms with van der Waals surface area (Å²) in [6.07, 6.45) is 3.61. The molecule has 2 aromatic heterocycles. The zero-order chi connectivity index (χ0) is 24.5. The normalized spacial score (nSPS) is 11.4. The van der Waals surface area contributed by atoms with Gasteiger partial charge in [0.1, 0.15) is 23.6 Å². The van der Waals surface area contributed by atoms with Gasteiger partial charge in [-0.15, -0.1) is 0 Å². The molecule has 1 aromatic carbocycles. The molecule has 0 fully saturated rings. The Morgan fingerprint density at radius 3 is 2.76 bits per heavy atom. The van der Waals surface area contributed by atoms with E-state index >= 15 is 0 Å². The largest absolute Gasteiger partial charge is 0.477 e. The molecule has 9 nitrogen and oxygen atoms in total. The summed E-state index contributed by atoms with van der Waals surface area (Å²) in [6.45, 7) is 4.18. The minimum atomic E-state index is -0.695. The first-order chi connectivity index (χ1) is 16.5. The maximum absolute atomic E-state index is 14.2. The molecule has 1 atom stereocenters. The molecule has 3 aromatic rings. The summed E-state index contributed by atoms with van der Waals surface area (Å²) in [5, 5.41) is 15.8. The zero-order valence-corrected chi connectivity index (χ0v) is 19.0. The van der Waals surface area contributed by atoms with Crippen LogP contribution in [0, 0.1) is 17.1 Å². The van der Waals surface area contributed by atoms with Crippen molar-refractivity contribution in [2.75, 3.05) is 17.2 Å². The summed E-state index contributed by atoms with van der Waals surface area (Å²) >= 11 is 0. The Hall–Kier alpha value is -4.26. The lowest BCUT2D eigenvalue weighted by Gasteiger charge is -2.17. The van der Waals surface area contributed by atoms with Gasteiger partial charge in [0.2, 0.25) is 17.7 Å². The molecule has 4 N–H and O–H groups in total. The average Bonchev–Trinajstić information content (AvgIpc) is 2.83. The maximum atomic E-state index is 14.2. The molecule has 0 radical (unpaired) electrons. The lowest BCUT2D eigenvalue weighted by Crippen LogP contribution is -2.35. The monoisotopic (exact) mass is 463 g/mol. The van der Waals surface area contributed by atoms with Crippen LogP contribution < -0.4 is 21.1 Å². The van der Waals surface area contributed by atoms with Crippen molar-refractivity contribution in [3.8, 4) is 23.2 Å². The van der Waals surface area contributed by atoms with Crippen molar-refractivity contribution in [1.29, 1.82) is 5.26 Å². The molecule has 3 rings (SSSR count). The number of carbonyl (C=O) groups excluding carboxylic acids is 1. The van der Waals surface area contributed by atoms with Crippen LogP contribution in [0.5, 0.6) is 5.88 Å². The highest BCUT2D eigenvalue weighted by molar-refractivity contribution is 5.82. The second-order valence-electron chi connectivity index (χ2n) is 7.44. The highest BCUT2D eigenvalue weighted by atomic mass is 19.1. The number of amides is 1. The fourth-order valence-corrected chi connectivity index (χ4v) is 3.12. The molecule has 34 heavy (non-hydrogen) atoms. The highest BCUT2D eigenvalue weighted by Crippen LogP contribution is 2.29. The van der Waals surface area contributed by atoms with Gasteiger partial charge in [0.15, 0.2) is 11.4 Å². The highest BCUT2D eigenvalue weighted by Gasteiger charge is 2.20. The van der Waals surface area contributed by atoms with E-state index in [-0.39, 0.29) is 28.9 Å². The minimum absolute atomic E-state index is 0.0854.